The average molecular weight is 195 g/mol. The van der Waals surface area contributed by atoms with Crippen molar-refractivity contribution in [2.45, 2.75) is 24.4 Å². The van der Waals surface area contributed by atoms with Crippen molar-refractivity contribution in [1.29, 1.82) is 0 Å². The summed E-state index contributed by atoms with van der Waals surface area (Å²) in [7, 11) is -0.393. The van der Waals surface area contributed by atoms with Crippen LogP contribution in [0.2, 0.25) is 0 Å². The van der Waals surface area contributed by atoms with Crippen molar-refractivity contribution in [3.05, 3.63) is 0 Å². The van der Waals surface area contributed by atoms with Gasteiger partial charge in [0.1, 0.15) is 24.4 Å². The molecule has 0 aliphatic carbocycles. The number of aliphatic hydroxyl groups is 4. The van der Waals surface area contributed by atoms with Crippen LogP contribution >= 0.6 is 0 Å². The molecule has 0 unspecified atom stereocenters. The zero-order valence-electron chi connectivity index (χ0n) is 7.91. The van der Waals surface area contributed by atoms with Gasteiger partial charge in [-0.05, 0) is 0 Å². The summed E-state index contributed by atoms with van der Waals surface area (Å²) in [4.78, 5) is 10.0. The minimum Gasteiger partial charge on any atom is -0.388 e. The van der Waals surface area contributed by atoms with E-state index in [-0.39, 0.29) is 12.9 Å². The average Bonchev–Trinajstić information content (AvgIpc) is 2.22. The Morgan fingerprint density at radius 2 is 2.00 bits per heavy atom. The molecule has 0 bridgehead atoms. The first kappa shape index (κ1) is 10.6. The summed E-state index contributed by atoms with van der Waals surface area (Å²) in [5, 5.41) is 36.1. The van der Waals surface area contributed by atoms with Crippen molar-refractivity contribution >= 4 is 6.29 Å². The van der Waals surface area contributed by atoms with Crippen LogP contribution in [0.25, 0.3) is 0 Å². The lowest BCUT2D eigenvalue weighted by molar-refractivity contribution is -0.137. The molecule has 6 nitrogen and oxygen atoms in total. The third-order valence-corrected chi connectivity index (χ3v) is 1.52. The Labute approximate surface area is 76.8 Å². The predicted molar refractivity (Wildman–Crippen MR) is 42.0 cm³/mol. The molecule has 6 heteroatoms. The first-order valence-corrected chi connectivity index (χ1v) is 3.59. The number of aldehydes is 1. The van der Waals surface area contributed by atoms with E-state index >= 15 is 0 Å². The van der Waals surface area contributed by atoms with Gasteiger partial charge in [0, 0.05) is 7.09 Å². The third kappa shape index (κ3) is 3.79. The van der Waals surface area contributed by atoms with E-state index in [4.69, 9.17) is 21.8 Å². The van der Waals surface area contributed by atoms with Gasteiger partial charge in [0.25, 0.3) is 0 Å². The first-order chi connectivity index (χ1) is 6.54. The van der Waals surface area contributed by atoms with E-state index in [0.717, 1.165) is 0 Å². The molecule has 78 valence electrons. The third-order valence-electron chi connectivity index (χ3n) is 1.52. The van der Waals surface area contributed by atoms with Gasteiger partial charge in [-0.1, -0.05) is 0 Å². The normalized spacial score (nSPS) is 21.4. The largest absolute Gasteiger partial charge is 0.388 e. The number of carbonyl (C=O) groups is 1. The number of hydrogen-bond donors (Lipinski definition) is 4. The molecule has 0 saturated heterocycles. The minimum absolute atomic E-state index is 0.0476. The van der Waals surface area contributed by atoms with Gasteiger partial charge in [-0.2, -0.15) is 0 Å². The lowest BCUT2D eigenvalue weighted by Gasteiger charge is -2.23. The van der Waals surface area contributed by atoms with Gasteiger partial charge >= 0.3 is 0 Å². The maximum absolute atomic E-state index is 10.0. The molecule has 0 rings (SSSR count). The van der Waals surface area contributed by atoms with Crippen LogP contribution in [0.4, 0.5) is 0 Å². The van der Waals surface area contributed by atoms with Crippen LogP contribution in [0.15, 0.2) is 0 Å². The molecule has 0 heterocycles. The Bertz CT molecular complexity index is 166. The van der Waals surface area contributed by atoms with Gasteiger partial charge in [-0.25, -0.2) is 0 Å². The Balaban J connectivity index is 4.02. The SMILES string of the molecule is [2H]COC[C@@H](O)[C@@H](O)[C@H](O)[C@@H](O)C=O. The van der Waals surface area contributed by atoms with Crippen molar-refractivity contribution in [2.75, 3.05) is 13.7 Å². The highest BCUT2D eigenvalue weighted by molar-refractivity contribution is 5.56. The number of rotatable bonds is 6. The summed E-state index contributed by atoms with van der Waals surface area (Å²) in [5.74, 6) is 0. The van der Waals surface area contributed by atoms with Crippen LogP contribution in [-0.4, -0.2) is 64.8 Å². The predicted octanol–water partition coefficient (Wildman–Crippen LogP) is -2.72. The van der Waals surface area contributed by atoms with Crippen LogP contribution < -0.4 is 0 Å². The van der Waals surface area contributed by atoms with E-state index in [9.17, 15) is 4.79 Å². The van der Waals surface area contributed by atoms with Crippen molar-refractivity contribution in [1.82, 2.24) is 0 Å². The molecule has 0 aliphatic rings. The highest BCUT2D eigenvalue weighted by Gasteiger charge is 2.29. The van der Waals surface area contributed by atoms with Gasteiger partial charge < -0.3 is 30.0 Å². The number of aliphatic hydroxyl groups excluding tert-OH is 4. The molecule has 4 atom stereocenters. The fourth-order valence-corrected chi connectivity index (χ4v) is 0.729. The second-order valence-corrected chi connectivity index (χ2v) is 2.55. The summed E-state index contributed by atoms with van der Waals surface area (Å²) in [5.41, 5.74) is 0. The quantitative estimate of drug-likeness (QED) is 0.343. The van der Waals surface area contributed by atoms with Crippen LogP contribution in [0, 0.1) is 0 Å². The summed E-state index contributed by atoms with van der Waals surface area (Å²) in [6.45, 7) is -0.354. The van der Waals surface area contributed by atoms with E-state index in [1.165, 1.54) is 0 Å². The maximum Gasteiger partial charge on any atom is 0.151 e. The molecule has 0 radical (unpaired) electrons. The van der Waals surface area contributed by atoms with Crippen LogP contribution in [-0.2, 0) is 9.53 Å². The molecule has 13 heavy (non-hydrogen) atoms. The Morgan fingerprint density at radius 1 is 1.38 bits per heavy atom. The van der Waals surface area contributed by atoms with E-state index in [0.29, 0.717) is 0 Å². The van der Waals surface area contributed by atoms with E-state index in [2.05, 4.69) is 4.74 Å². The van der Waals surface area contributed by atoms with Crippen LogP contribution in [0.3, 0.4) is 0 Å². The molecule has 0 amide bonds. The topological polar surface area (TPSA) is 107 Å². The van der Waals surface area contributed by atoms with Crippen molar-refractivity contribution in [3.8, 4) is 0 Å². The lowest BCUT2D eigenvalue weighted by Crippen LogP contribution is -2.46. The van der Waals surface area contributed by atoms with Gasteiger partial charge in [0.2, 0.25) is 0 Å². The first-order valence-electron chi connectivity index (χ1n) is 4.29. The smallest absolute Gasteiger partial charge is 0.151 e. The van der Waals surface area contributed by atoms with E-state index in [1.54, 1.807) is 0 Å². The second-order valence-electron chi connectivity index (χ2n) is 2.55. The van der Waals surface area contributed by atoms with E-state index < -0.39 is 31.5 Å². The molecule has 0 fully saturated rings. The van der Waals surface area contributed by atoms with Crippen molar-refractivity contribution in [3.63, 3.8) is 0 Å². The van der Waals surface area contributed by atoms with Gasteiger partial charge in [0.15, 0.2) is 6.29 Å². The summed E-state index contributed by atoms with van der Waals surface area (Å²) in [6, 6.07) is 0. The standard InChI is InChI=1S/C7H14O6/c1-13-3-5(10)7(12)6(11)4(9)2-8/h2,4-7,9-12H,3H2,1H3/t4-,5+,6+,7+/m0/s1/i1D. The zero-order valence-corrected chi connectivity index (χ0v) is 6.91. The number of hydrogen-bond acceptors (Lipinski definition) is 6. The Morgan fingerprint density at radius 3 is 2.46 bits per heavy atom. The Hall–Kier alpha value is -0.530. The highest BCUT2D eigenvalue weighted by Crippen LogP contribution is 2.03. The molecule has 0 spiro atoms. The van der Waals surface area contributed by atoms with E-state index in [1.807, 2.05) is 0 Å². The maximum atomic E-state index is 10.0. The fourth-order valence-electron chi connectivity index (χ4n) is 0.729. The summed E-state index contributed by atoms with van der Waals surface area (Å²) in [6.07, 6.45) is -6.62. The number of ether oxygens (including phenoxy) is 1. The number of carbonyl (C=O) groups excluding carboxylic acids is 1. The molecule has 0 saturated carbocycles. The molecular formula is C7H14O6. The van der Waals surface area contributed by atoms with Gasteiger partial charge in [-0.3, -0.25) is 0 Å². The summed E-state index contributed by atoms with van der Waals surface area (Å²) >= 11 is 0. The van der Waals surface area contributed by atoms with Crippen LogP contribution in [0.5, 0.6) is 0 Å². The Kier molecular flexibility index (Phi) is 4.87. The second kappa shape index (κ2) is 6.01. The minimum atomic E-state index is -1.77. The molecule has 0 aromatic heterocycles. The highest BCUT2D eigenvalue weighted by atomic mass is 16.5. The van der Waals surface area contributed by atoms with Gasteiger partial charge in [-0.15, -0.1) is 0 Å². The number of methoxy groups -OCH3 is 1. The zero-order chi connectivity index (χ0) is 11.1. The monoisotopic (exact) mass is 195 g/mol. The molecule has 0 aromatic carbocycles. The molecular weight excluding hydrogens is 180 g/mol. The van der Waals surface area contributed by atoms with Crippen molar-refractivity contribution in [2.24, 2.45) is 0 Å². The molecule has 4 N–H and O–H groups in total. The van der Waals surface area contributed by atoms with Gasteiger partial charge in [0.05, 0.1) is 7.98 Å². The molecule has 0 aromatic rings. The summed E-state index contributed by atoms with van der Waals surface area (Å²) < 4.78 is 11.0. The lowest BCUT2D eigenvalue weighted by atomic mass is 10.0. The fraction of sp³-hybridized carbons (Fsp3) is 0.857. The molecule has 0 aliphatic heterocycles. The van der Waals surface area contributed by atoms with Crippen LogP contribution in [0.1, 0.15) is 1.37 Å². The van der Waals surface area contributed by atoms with Crippen molar-refractivity contribution < 1.29 is 31.3 Å².